The first kappa shape index (κ1) is 23.2. The highest BCUT2D eigenvalue weighted by Crippen LogP contribution is 2.26. The Morgan fingerprint density at radius 3 is 2.47 bits per heavy atom. The number of hydrogen-bond donors (Lipinski definition) is 2. The van der Waals surface area contributed by atoms with Crippen LogP contribution in [0, 0.1) is 0 Å². The van der Waals surface area contributed by atoms with Gasteiger partial charge in [-0.25, -0.2) is 9.48 Å². The molecule has 0 spiro atoms. The lowest BCUT2D eigenvalue weighted by Gasteiger charge is -2.09. The van der Waals surface area contributed by atoms with Crippen LogP contribution >= 0.6 is 11.8 Å². The quantitative estimate of drug-likeness (QED) is 0.388. The topological polar surface area (TPSA) is 132 Å². The predicted octanol–water partition coefficient (Wildman–Crippen LogP) is 2.82. The van der Waals surface area contributed by atoms with E-state index in [1.807, 2.05) is 30.3 Å². The van der Waals surface area contributed by atoms with Gasteiger partial charge in [-0.3, -0.25) is 14.9 Å². The summed E-state index contributed by atoms with van der Waals surface area (Å²) in [5.41, 5.74) is 1.06. The second-order valence-electron chi connectivity index (χ2n) is 7.68. The number of amides is 3. The van der Waals surface area contributed by atoms with Crippen molar-refractivity contribution in [2.24, 2.45) is 0 Å². The Morgan fingerprint density at radius 2 is 1.74 bits per heavy atom. The SMILES string of the molecule is CC(C)NC(=O)NC(=O)CSc1nnc(-c2nn(Cc3ccccc3)c(=O)c3ccccc23)o1. The van der Waals surface area contributed by atoms with Crippen LogP contribution in [0.4, 0.5) is 4.79 Å². The van der Waals surface area contributed by atoms with E-state index in [2.05, 4.69) is 25.9 Å². The highest BCUT2D eigenvalue weighted by Gasteiger charge is 2.19. The Bertz CT molecular complexity index is 1380. The van der Waals surface area contributed by atoms with Crippen molar-refractivity contribution in [2.45, 2.75) is 31.7 Å². The van der Waals surface area contributed by atoms with Gasteiger partial charge in [-0.15, -0.1) is 10.2 Å². The second kappa shape index (κ2) is 10.3. The molecule has 174 valence electrons. The lowest BCUT2D eigenvalue weighted by atomic mass is 10.1. The van der Waals surface area contributed by atoms with E-state index in [0.29, 0.717) is 16.5 Å². The molecule has 3 amide bonds. The number of benzene rings is 2. The van der Waals surface area contributed by atoms with E-state index in [4.69, 9.17) is 4.42 Å². The van der Waals surface area contributed by atoms with Crippen molar-refractivity contribution in [3.8, 4) is 11.6 Å². The first-order valence-corrected chi connectivity index (χ1v) is 11.5. The van der Waals surface area contributed by atoms with Crippen LogP contribution in [0.1, 0.15) is 19.4 Å². The number of nitrogens with zero attached hydrogens (tertiary/aromatic N) is 4. The van der Waals surface area contributed by atoms with E-state index in [1.54, 1.807) is 38.1 Å². The van der Waals surface area contributed by atoms with Gasteiger partial charge in [0.05, 0.1) is 17.7 Å². The fourth-order valence-corrected chi connectivity index (χ4v) is 3.77. The molecule has 0 fully saturated rings. The van der Waals surface area contributed by atoms with Crippen molar-refractivity contribution in [3.05, 3.63) is 70.5 Å². The number of rotatable bonds is 7. The summed E-state index contributed by atoms with van der Waals surface area (Å²) in [5.74, 6) is -0.462. The first-order valence-electron chi connectivity index (χ1n) is 10.5. The number of carbonyl (C=O) groups is 2. The zero-order valence-electron chi connectivity index (χ0n) is 18.5. The van der Waals surface area contributed by atoms with E-state index in [9.17, 15) is 14.4 Å². The van der Waals surface area contributed by atoms with Crippen molar-refractivity contribution < 1.29 is 14.0 Å². The molecule has 4 aromatic rings. The van der Waals surface area contributed by atoms with Crippen LogP contribution in [0.2, 0.25) is 0 Å². The fourth-order valence-electron chi connectivity index (χ4n) is 3.21. The summed E-state index contributed by atoms with van der Waals surface area (Å²) in [5, 5.41) is 18.6. The molecule has 0 atom stereocenters. The number of carbonyl (C=O) groups excluding carboxylic acids is 2. The van der Waals surface area contributed by atoms with Gasteiger partial charge in [0.2, 0.25) is 5.91 Å². The molecule has 2 N–H and O–H groups in total. The number of urea groups is 1. The van der Waals surface area contributed by atoms with Gasteiger partial charge in [0.25, 0.3) is 16.7 Å². The maximum Gasteiger partial charge on any atom is 0.321 e. The molecule has 0 aliphatic heterocycles. The van der Waals surface area contributed by atoms with Crippen LogP contribution < -0.4 is 16.2 Å². The molecule has 0 saturated heterocycles. The van der Waals surface area contributed by atoms with Crippen molar-refractivity contribution in [1.29, 1.82) is 0 Å². The van der Waals surface area contributed by atoms with Crippen molar-refractivity contribution >= 4 is 34.5 Å². The average molecular weight is 479 g/mol. The Labute approximate surface area is 198 Å². The number of nitrogens with one attached hydrogen (secondary N) is 2. The summed E-state index contributed by atoms with van der Waals surface area (Å²) in [6, 6.07) is 15.9. The molecule has 0 radical (unpaired) electrons. The normalized spacial score (nSPS) is 11.0. The van der Waals surface area contributed by atoms with Gasteiger partial charge in [-0.05, 0) is 25.5 Å². The van der Waals surface area contributed by atoms with E-state index in [1.165, 1.54) is 4.68 Å². The standard InChI is InChI=1S/C23H22N6O4S/c1-14(2)24-22(32)25-18(30)13-34-23-27-26-20(33-23)19-16-10-6-7-11-17(16)21(31)29(28-19)12-15-8-4-3-5-9-15/h3-11,14H,12-13H2,1-2H3,(H2,24,25,30,32). The molecule has 10 nitrogen and oxygen atoms in total. The third-order valence-corrected chi connectivity index (χ3v) is 5.47. The molecular formula is C23H22N6O4S. The lowest BCUT2D eigenvalue weighted by molar-refractivity contribution is -0.117. The smallest absolute Gasteiger partial charge is 0.321 e. The molecular weight excluding hydrogens is 456 g/mol. The number of aromatic nitrogens is 4. The highest BCUT2D eigenvalue weighted by molar-refractivity contribution is 7.99. The zero-order chi connectivity index (χ0) is 24.1. The number of imide groups is 1. The minimum Gasteiger partial charge on any atom is -0.409 e. The average Bonchev–Trinajstić information content (AvgIpc) is 3.28. The van der Waals surface area contributed by atoms with Crippen LogP contribution in [0.5, 0.6) is 0 Å². The molecule has 0 aliphatic rings. The van der Waals surface area contributed by atoms with Gasteiger partial charge in [-0.2, -0.15) is 5.10 Å². The van der Waals surface area contributed by atoms with E-state index in [-0.39, 0.29) is 35.0 Å². The van der Waals surface area contributed by atoms with Gasteiger partial charge >= 0.3 is 6.03 Å². The van der Waals surface area contributed by atoms with Gasteiger partial charge < -0.3 is 9.73 Å². The fraction of sp³-hybridized carbons (Fsp3) is 0.217. The molecule has 34 heavy (non-hydrogen) atoms. The van der Waals surface area contributed by atoms with Crippen LogP contribution in [0.3, 0.4) is 0 Å². The third kappa shape index (κ3) is 5.49. The van der Waals surface area contributed by atoms with Crippen molar-refractivity contribution in [2.75, 3.05) is 5.75 Å². The van der Waals surface area contributed by atoms with Gasteiger partial charge in [0, 0.05) is 11.4 Å². The molecule has 0 aliphatic carbocycles. The highest BCUT2D eigenvalue weighted by atomic mass is 32.2. The molecule has 4 rings (SSSR count). The molecule has 0 bridgehead atoms. The maximum absolute atomic E-state index is 13.0. The number of thioether (sulfide) groups is 1. The van der Waals surface area contributed by atoms with E-state index in [0.717, 1.165) is 17.3 Å². The molecule has 11 heteroatoms. The molecule has 0 unspecified atom stereocenters. The van der Waals surface area contributed by atoms with E-state index >= 15 is 0 Å². The molecule has 0 saturated carbocycles. The van der Waals surface area contributed by atoms with Crippen LogP contribution in [-0.4, -0.2) is 43.7 Å². The minimum atomic E-state index is -0.567. The number of hydrogen-bond acceptors (Lipinski definition) is 8. The third-order valence-electron chi connectivity index (χ3n) is 4.65. The maximum atomic E-state index is 13.0. The Balaban J connectivity index is 1.57. The van der Waals surface area contributed by atoms with Crippen molar-refractivity contribution in [1.82, 2.24) is 30.6 Å². The second-order valence-corrected chi connectivity index (χ2v) is 8.61. The lowest BCUT2D eigenvalue weighted by Crippen LogP contribution is -2.43. The molecule has 2 heterocycles. The van der Waals surface area contributed by atoms with Crippen molar-refractivity contribution in [3.63, 3.8) is 0 Å². The Hall–Kier alpha value is -3.99. The zero-order valence-corrected chi connectivity index (χ0v) is 19.3. The summed E-state index contributed by atoms with van der Waals surface area (Å²) in [6.07, 6.45) is 0. The summed E-state index contributed by atoms with van der Waals surface area (Å²) in [7, 11) is 0. The van der Waals surface area contributed by atoms with Crippen LogP contribution in [0.15, 0.2) is 69.0 Å². The first-order chi connectivity index (χ1) is 16.4. The Kier molecular flexibility index (Phi) is 7.02. The van der Waals surface area contributed by atoms with Gasteiger partial charge in [-0.1, -0.05) is 60.3 Å². The number of fused-ring (bicyclic) bond motifs is 1. The summed E-state index contributed by atoms with van der Waals surface area (Å²) >= 11 is 0.992. The summed E-state index contributed by atoms with van der Waals surface area (Å²) < 4.78 is 7.09. The van der Waals surface area contributed by atoms with Gasteiger partial charge in [0.1, 0.15) is 0 Å². The largest absolute Gasteiger partial charge is 0.409 e. The van der Waals surface area contributed by atoms with Crippen LogP contribution in [0.25, 0.3) is 22.4 Å². The molecule has 2 aromatic carbocycles. The monoisotopic (exact) mass is 478 g/mol. The summed E-state index contributed by atoms with van der Waals surface area (Å²) in [4.78, 5) is 36.6. The van der Waals surface area contributed by atoms with Crippen LogP contribution in [-0.2, 0) is 11.3 Å². The van der Waals surface area contributed by atoms with E-state index < -0.39 is 11.9 Å². The Morgan fingerprint density at radius 1 is 1.03 bits per heavy atom. The minimum absolute atomic E-state index is 0.0885. The molecule has 2 aromatic heterocycles. The predicted molar refractivity (Wildman–Crippen MR) is 127 cm³/mol. The summed E-state index contributed by atoms with van der Waals surface area (Å²) in [6.45, 7) is 3.87. The van der Waals surface area contributed by atoms with Gasteiger partial charge in [0.15, 0.2) is 5.69 Å².